The number of hydrogen-bond donors (Lipinski definition) is 1. The molecule has 0 radical (unpaired) electrons. The first-order valence-electron chi connectivity index (χ1n) is 6.68. The van der Waals surface area contributed by atoms with Gasteiger partial charge in [-0.15, -0.1) is 11.3 Å². The summed E-state index contributed by atoms with van der Waals surface area (Å²) in [4.78, 5) is 0. The maximum absolute atomic E-state index is 5.84. The normalized spacial score (nSPS) is 11.3. The summed E-state index contributed by atoms with van der Waals surface area (Å²) >= 11 is 5.20. The lowest BCUT2D eigenvalue weighted by Gasteiger charge is -2.04. The van der Waals surface area contributed by atoms with Crippen LogP contribution in [0.3, 0.4) is 0 Å². The van der Waals surface area contributed by atoms with E-state index in [1.807, 2.05) is 24.3 Å². The fraction of sp³-hybridized carbons (Fsp3) is 0.0588. The van der Waals surface area contributed by atoms with E-state index >= 15 is 0 Å². The molecule has 2 aromatic carbocycles. The van der Waals surface area contributed by atoms with Crippen LogP contribution in [0.4, 0.5) is 5.69 Å². The third kappa shape index (κ3) is 2.45. The first-order valence-corrected chi connectivity index (χ1v) is 8.35. The number of rotatable bonds is 3. The Bertz CT molecular complexity index is 925. The lowest BCUT2D eigenvalue weighted by atomic mass is 10.1. The van der Waals surface area contributed by atoms with Crippen molar-refractivity contribution >= 4 is 54.9 Å². The molecular weight excluding hydrogens is 346 g/mol. The molecule has 1 N–H and O–H groups in total. The van der Waals surface area contributed by atoms with Crippen molar-refractivity contribution in [3.8, 4) is 0 Å². The van der Waals surface area contributed by atoms with Gasteiger partial charge in [-0.2, -0.15) is 0 Å². The van der Waals surface area contributed by atoms with Crippen LogP contribution in [-0.2, 0) is 6.54 Å². The van der Waals surface area contributed by atoms with E-state index in [9.17, 15) is 0 Å². The van der Waals surface area contributed by atoms with Crippen molar-refractivity contribution in [2.24, 2.45) is 0 Å². The summed E-state index contributed by atoms with van der Waals surface area (Å²) in [6.45, 7) is 0.823. The molecule has 104 valence electrons. The number of nitrogens with one attached hydrogen (secondary N) is 1. The van der Waals surface area contributed by atoms with Crippen LogP contribution >= 0.6 is 27.3 Å². The fourth-order valence-electron chi connectivity index (χ4n) is 2.48. The molecule has 0 unspecified atom stereocenters. The minimum atomic E-state index is 0.823. The van der Waals surface area contributed by atoms with Crippen molar-refractivity contribution in [2.75, 3.05) is 5.32 Å². The van der Waals surface area contributed by atoms with Crippen LogP contribution in [0, 0.1) is 0 Å². The molecule has 4 aromatic rings. The lowest BCUT2D eigenvalue weighted by Crippen LogP contribution is -1.97. The SMILES string of the molecule is Brc1cc(CNc2ccc3oc4ccccc4c3c2)cs1. The summed E-state index contributed by atoms with van der Waals surface area (Å²) in [5.74, 6) is 0. The Labute approximate surface area is 134 Å². The van der Waals surface area contributed by atoms with Crippen molar-refractivity contribution in [1.29, 1.82) is 0 Å². The molecule has 0 fully saturated rings. The van der Waals surface area contributed by atoms with Crippen molar-refractivity contribution in [2.45, 2.75) is 6.54 Å². The van der Waals surface area contributed by atoms with Gasteiger partial charge in [0.2, 0.25) is 0 Å². The number of thiophene rings is 1. The molecule has 2 nitrogen and oxygen atoms in total. The zero-order chi connectivity index (χ0) is 14.2. The van der Waals surface area contributed by atoms with E-state index in [0.717, 1.165) is 38.0 Å². The molecular formula is C17H12BrNOS. The molecule has 0 spiro atoms. The fourth-order valence-corrected chi connectivity index (χ4v) is 3.69. The predicted octanol–water partition coefficient (Wildman–Crippen LogP) is 6.02. The Kier molecular flexibility index (Phi) is 3.20. The van der Waals surface area contributed by atoms with Crippen molar-refractivity contribution in [1.82, 2.24) is 0 Å². The Morgan fingerprint density at radius 2 is 1.86 bits per heavy atom. The van der Waals surface area contributed by atoms with Crippen LogP contribution in [0.25, 0.3) is 21.9 Å². The molecule has 0 bridgehead atoms. The molecule has 0 saturated heterocycles. The van der Waals surface area contributed by atoms with Gasteiger partial charge in [-0.3, -0.25) is 0 Å². The number of anilines is 1. The zero-order valence-electron chi connectivity index (χ0n) is 11.1. The minimum absolute atomic E-state index is 0.823. The maximum atomic E-state index is 5.84. The van der Waals surface area contributed by atoms with Crippen LogP contribution in [0.2, 0.25) is 0 Å². The molecule has 4 rings (SSSR count). The van der Waals surface area contributed by atoms with Gasteiger partial charge in [0.25, 0.3) is 0 Å². The van der Waals surface area contributed by atoms with E-state index in [1.165, 1.54) is 5.56 Å². The minimum Gasteiger partial charge on any atom is -0.456 e. The molecule has 0 aliphatic carbocycles. The summed E-state index contributed by atoms with van der Waals surface area (Å²) in [5.41, 5.74) is 4.26. The van der Waals surface area contributed by atoms with Gasteiger partial charge in [-0.05, 0) is 57.2 Å². The van der Waals surface area contributed by atoms with E-state index in [4.69, 9.17) is 4.42 Å². The summed E-state index contributed by atoms with van der Waals surface area (Å²) in [6, 6.07) is 16.5. The second-order valence-electron chi connectivity index (χ2n) is 4.92. The summed E-state index contributed by atoms with van der Waals surface area (Å²) in [6.07, 6.45) is 0. The van der Waals surface area contributed by atoms with Crippen LogP contribution in [0.1, 0.15) is 5.56 Å². The highest BCUT2D eigenvalue weighted by Gasteiger charge is 2.06. The molecule has 0 saturated carbocycles. The van der Waals surface area contributed by atoms with Crippen LogP contribution < -0.4 is 5.32 Å². The third-order valence-corrected chi connectivity index (χ3v) is 5.05. The summed E-state index contributed by atoms with van der Waals surface area (Å²) in [7, 11) is 0. The van der Waals surface area contributed by atoms with Crippen molar-refractivity contribution in [3.05, 3.63) is 63.3 Å². The quantitative estimate of drug-likeness (QED) is 0.484. The van der Waals surface area contributed by atoms with Gasteiger partial charge in [0.1, 0.15) is 11.2 Å². The highest BCUT2D eigenvalue weighted by Crippen LogP contribution is 2.30. The first kappa shape index (κ1) is 12.9. The van der Waals surface area contributed by atoms with Crippen molar-refractivity contribution in [3.63, 3.8) is 0 Å². The molecule has 0 atom stereocenters. The largest absolute Gasteiger partial charge is 0.456 e. The highest BCUT2D eigenvalue weighted by atomic mass is 79.9. The van der Waals surface area contributed by atoms with Crippen molar-refractivity contribution < 1.29 is 4.42 Å². The Morgan fingerprint density at radius 3 is 2.71 bits per heavy atom. The molecule has 4 heteroatoms. The van der Waals surface area contributed by atoms with E-state index < -0.39 is 0 Å². The number of hydrogen-bond acceptors (Lipinski definition) is 3. The Balaban J connectivity index is 1.68. The van der Waals surface area contributed by atoms with Crippen LogP contribution in [-0.4, -0.2) is 0 Å². The number of fused-ring (bicyclic) bond motifs is 3. The van der Waals surface area contributed by atoms with E-state index in [0.29, 0.717) is 0 Å². The van der Waals surface area contributed by atoms with E-state index in [2.05, 4.69) is 50.9 Å². The average Bonchev–Trinajstić information content (AvgIpc) is 3.08. The predicted molar refractivity (Wildman–Crippen MR) is 93.1 cm³/mol. The highest BCUT2D eigenvalue weighted by molar-refractivity contribution is 9.11. The molecule has 0 amide bonds. The van der Waals surface area contributed by atoms with E-state index in [-0.39, 0.29) is 0 Å². The second-order valence-corrected chi connectivity index (χ2v) is 7.21. The maximum Gasteiger partial charge on any atom is 0.135 e. The second kappa shape index (κ2) is 5.20. The van der Waals surface area contributed by atoms with Gasteiger partial charge in [0.05, 0.1) is 3.79 Å². The standard InChI is InChI=1S/C17H12BrNOS/c18-17-7-11(10-21-17)9-19-12-5-6-16-14(8-12)13-3-1-2-4-15(13)20-16/h1-8,10,19H,9H2. The van der Waals surface area contributed by atoms with Gasteiger partial charge in [-0.1, -0.05) is 18.2 Å². The monoisotopic (exact) mass is 357 g/mol. The number of para-hydroxylation sites is 1. The molecule has 21 heavy (non-hydrogen) atoms. The molecule has 2 heterocycles. The van der Waals surface area contributed by atoms with Gasteiger partial charge < -0.3 is 9.73 Å². The Morgan fingerprint density at radius 1 is 1.00 bits per heavy atom. The van der Waals surface area contributed by atoms with E-state index in [1.54, 1.807) is 11.3 Å². The smallest absolute Gasteiger partial charge is 0.135 e. The topological polar surface area (TPSA) is 25.2 Å². The summed E-state index contributed by atoms with van der Waals surface area (Å²) < 4.78 is 7.00. The Hall–Kier alpha value is -1.78. The van der Waals surface area contributed by atoms with Gasteiger partial charge in [-0.25, -0.2) is 0 Å². The molecule has 2 aromatic heterocycles. The number of halogens is 1. The molecule has 0 aliphatic heterocycles. The number of benzene rings is 2. The van der Waals surface area contributed by atoms with Gasteiger partial charge >= 0.3 is 0 Å². The van der Waals surface area contributed by atoms with Gasteiger partial charge in [0.15, 0.2) is 0 Å². The first-order chi connectivity index (χ1) is 10.3. The molecule has 0 aliphatic rings. The summed E-state index contributed by atoms with van der Waals surface area (Å²) in [5, 5.41) is 7.94. The van der Waals surface area contributed by atoms with Gasteiger partial charge in [0, 0.05) is 23.0 Å². The third-order valence-electron chi connectivity index (χ3n) is 3.50. The lowest BCUT2D eigenvalue weighted by molar-refractivity contribution is 0.669. The zero-order valence-corrected chi connectivity index (χ0v) is 13.5. The number of furan rings is 1. The average molecular weight is 358 g/mol. The van der Waals surface area contributed by atoms with Crippen LogP contribution in [0.15, 0.2) is 62.1 Å². The van der Waals surface area contributed by atoms with Crippen LogP contribution in [0.5, 0.6) is 0 Å².